The molecule has 1 fully saturated rings. The molecule has 0 N–H and O–H groups in total. The van der Waals surface area contributed by atoms with E-state index in [4.69, 9.17) is 10.00 Å². The van der Waals surface area contributed by atoms with Gasteiger partial charge in [-0.1, -0.05) is 0 Å². The van der Waals surface area contributed by atoms with Gasteiger partial charge in [0.1, 0.15) is 5.75 Å². The van der Waals surface area contributed by atoms with Crippen LogP contribution in [-0.2, 0) is 0 Å². The maximum atomic E-state index is 8.73. The van der Waals surface area contributed by atoms with Crippen LogP contribution in [0, 0.1) is 14.9 Å². The Balaban J connectivity index is 2.24. The smallest absolute Gasteiger partial charge is 0.122 e. The van der Waals surface area contributed by atoms with Crippen LogP contribution in [0.25, 0.3) is 0 Å². The minimum Gasteiger partial charge on any atom is -0.490 e. The van der Waals surface area contributed by atoms with Crippen molar-refractivity contribution in [3.63, 3.8) is 0 Å². The van der Waals surface area contributed by atoms with E-state index < -0.39 is 0 Å². The van der Waals surface area contributed by atoms with Gasteiger partial charge in [0.2, 0.25) is 0 Å². The van der Waals surface area contributed by atoms with Crippen LogP contribution in [0.3, 0.4) is 0 Å². The van der Waals surface area contributed by atoms with Gasteiger partial charge in [-0.25, -0.2) is 0 Å². The zero-order chi connectivity index (χ0) is 9.26. The summed E-state index contributed by atoms with van der Waals surface area (Å²) in [4.78, 5) is 0. The van der Waals surface area contributed by atoms with Crippen molar-refractivity contribution >= 4 is 22.6 Å². The Morgan fingerprint density at radius 3 is 2.77 bits per heavy atom. The molecular formula is C10H8INO. The summed E-state index contributed by atoms with van der Waals surface area (Å²) in [6.45, 7) is 0. The van der Waals surface area contributed by atoms with Crippen LogP contribution in [0.5, 0.6) is 5.75 Å². The average molecular weight is 285 g/mol. The standard InChI is InChI=1S/C10H8INO/c11-8-3-7(6-12)4-10(5-8)13-9-1-2-9/h3-5,9H,1-2H2. The summed E-state index contributed by atoms with van der Waals surface area (Å²) < 4.78 is 6.64. The maximum absolute atomic E-state index is 8.73. The highest BCUT2D eigenvalue weighted by Crippen LogP contribution is 2.28. The number of rotatable bonds is 2. The number of nitriles is 1. The van der Waals surface area contributed by atoms with E-state index in [9.17, 15) is 0 Å². The Hall–Kier alpha value is -0.760. The zero-order valence-electron chi connectivity index (χ0n) is 6.96. The van der Waals surface area contributed by atoms with Crippen LogP contribution >= 0.6 is 22.6 Å². The van der Waals surface area contributed by atoms with Gasteiger partial charge >= 0.3 is 0 Å². The van der Waals surface area contributed by atoms with Gasteiger partial charge in [0, 0.05) is 3.57 Å². The predicted molar refractivity (Wildman–Crippen MR) is 57.5 cm³/mol. The van der Waals surface area contributed by atoms with Crippen molar-refractivity contribution in [1.82, 2.24) is 0 Å². The Morgan fingerprint density at radius 1 is 1.38 bits per heavy atom. The molecule has 0 aliphatic heterocycles. The Kier molecular flexibility index (Phi) is 2.40. The first kappa shape index (κ1) is 8.82. The Labute approximate surface area is 90.7 Å². The number of benzene rings is 1. The van der Waals surface area contributed by atoms with Crippen LogP contribution < -0.4 is 4.74 Å². The molecule has 0 heterocycles. The van der Waals surface area contributed by atoms with Crippen molar-refractivity contribution < 1.29 is 4.74 Å². The first-order valence-electron chi connectivity index (χ1n) is 4.15. The second kappa shape index (κ2) is 3.54. The average Bonchev–Trinajstić information content (AvgIpc) is 2.87. The molecule has 0 bridgehead atoms. The SMILES string of the molecule is N#Cc1cc(I)cc(OC2CC2)c1. The molecule has 0 saturated heterocycles. The first-order chi connectivity index (χ1) is 6.28. The lowest BCUT2D eigenvalue weighted by atomic mass is 10.2. The van der Waals surface area contributed by atoms with Crippen molar-refractivity contribution in [3.8, 4) is 11.8 Å². The quantitative estimate of drug-likeness (QED) is 0.783. The summed E-state index contributed by atoms with van der Waals surface area (Å²) in [5.41, 5.74) is 0.669. The fourth-order valence-electron chi connectivity index (χ4n) is 1.07. The normalized spacial score (nSPS) is 15.1. The van der Waals surface area contributed by atoms with Crippen molar-refractivity contribution in [2.24, 2.45) is 0 Å². The largest absolute Gasteiger partial charge is 0.490 e. The van der Waals surface area contributed by atoms with Gasteiger partial charge in [-0.05, 0) is 53.6 Å². The predicted octanol–water partition coefficient (Wildman–Crippen LogP) is 2.70. The minimum atomic E-state index is 0.393. The molecule has 2 nitrogen and oxygen atoms in total. The monoisotopic (exact) mass is 285 g/mol. The molecule has 1 aromatic carbocycles. The van der Waals surface area contributed by atoms with Gasteiger partial charge < -0.3 is 4.74 Å². The zero-order valence-corrected chi connectivity index (χ0v) is 9.11. The van der Waals surface area contributed by atoms with Crippen molar-refractivity contribution in [2.75, 3.05) is 0 Å². The highest BCUT2D eigenvalue weighted by atomic mass is 127. The molecule has 0 aromatic heterocycles. The second-order valence-electron chi connectivity index (χ2n) is 3.10. The van der Waals surface area contributed by atoms with E-state index in [0.717, 1.165) is 22.2 Å². The van der Waals surface area contributed by atoms with E-state index in [1.165, 1.54) is 0 Å². The summed E-state index contributed by atoms with van der Waals surface area (Å²) in [6.07, 6.45) is 2.69. The van der Waals surface area contributed by atoms with E-state index in [1.807, 2.05) is 12.1 Å². The number of nitrogens with zero attached hydrogens (tertiary/aromatic N) is 1. The summed E-state index contributed by atoms with van der Waals surface area (Å²) in [5, 5.41) is 8.73. The Morgan fingerprint density at radius 2 is 2.15 bits per heavy atom. The highest BCUT2D eigenvalue weighted by molar-refractivity contribution is 14.1. The molecule has 1 aliphatic carbocycles. The molecule has 0 unspecified atom stereocenters. The summed E-state index contributed by atoms with van der Waals surface area (Å²) in [5.74, 6) is 0.825. The number of hydrogen-bond donors (Lipinski definition) is 0. The van der Waals surface area contributed by atoms with E-state index in [0.29, 0.717) is 11.7 Å². The van der Waals surface area contributed by atoms with Crippen molar-refractivity contribution in [1.29, 1.82) is 5.26 Å². The van der Waals surface area contributed by atoms with Crippen LogP contribution in [0.4, 0.5) is 0 Å². The molecular weight excluding hydrogens is 277 g/mol. The molecule has 1 aromatic rings. The van der Waals surface area contributed by atoms with Crippen LogP contribution in [0.1, 0.15) is 18.4 Å². The molecule has 66 valence electrons. The molecule has 0 amide bonds. The Bertz CT molecular complexity index is 366. The van der Waals surface area contributed by atoms with E-state index in [-0.39, 0.29) is 0 Å². The van der Waals surface area contributed by atoms with Crippen molar-refractivity contribution in [3.05, 3.63) is 27.3 Å². The topological polar surface area (TPSA) is 33.0 Å². The lowest BCUT2D eigenvalue weighted by molar-refractivity contribution is 0.303. The molecule has 13 heavy (non-hydrogen) atoms. The third-order valence-corrected chi connectivity index (χ3v) is 2.45. The van der Waals surface area contributed by atoms with E-state index in [1.54, 1.807) is 6.07 Å². The lowest BCUT2D eigenvalue weighted by Crippen LogP contribution is -1.96. The molecule has 0 spiro atoms. The fraction of sp³-hybridized carbons (Fsp3) is 0.300. The lowest BCUT2D eigenvalue weighted by Gasteiger charge is -2.04. The molecule has 0 atom stereocenters. The van der Waals surface area contributed by atoms with Crippen LogP contribution in [0.15, 0.2) is 18.2 Å². The molecule has 2 rings (SSSR count). The third kappa shape index (κ3) is 2.34. The van der Waals surface area contributed by atoms with Gasteiger partial charge in [-0.2, -0.15) is 5.26 Å². The maximum Gasteiger partial charge on any atom is 0.122 e. The first-order valence-corrected chi connectivity index (χ1v) is 5.23. The summed E-state index contributed by atoms with van der Waals surface area (Å²) in [6, 6.07) is 7.71. The van der Waals surface area contributed by atoms with Crippen LogP contribution in [-0.4, -0.2) is 6.10 Å². The highest BCUT2D eigenvalue weighted by Gasteiger charge is 2.23. The van der Waals surface area contributed by atoms with Gasteiger partial charge in [-0.15, -0.1) is 0 Å². The molecule has 3 heteroatoms. The van der Waals surface area contributed by atoms with E-state index in [2.05, 4.69) is 28.7 Å². The minimum absolute atomic E-state index is 0.393. The number of halogens is 1. The number of hydrogen-bond acceptors (Lipinski definition) is 2. The third-order valence-electron chi connectivity index (χ3n) is 1.83. The summed E-state index contributed by atoms with van der Waals surface area (Å²) in [7, 11) is 0. The molecule has 1 aliphatic rings. The van der Waals surface area contributed by atoms with Gasteiger partial charge in [0.05, 0.1) is 17.7 Å². The summed E-state index contributed by atoms with van der Waals surface area (Å²) >= 11 is 2.19. The fourth-order valence-corrected chi connectivity index (χ4v) is 1.72. The number of ether oxygens (including phenoxy) is 1. The van der Waals surface area contributed by atoms with E-state index >= 15 is 0 Å². The van der Waals surface area contributed by atoms with Crippen LogP contribution in [0.2, 0.25) is 0 Å². The molecule has 0 radical (unpaired) electrons. The van der Waals surface area contributed by atoms with Gasteiger partial charge in [0.15, 0.2) is 0 Å². The van der Waals surface area contributed by atoms with Crippen molar-refractivity contribution in [2.45, 2.75) is 18.9 Å². The van der Waals surface area contributed by atoms with Gasteiger partial charge in [0.25, 0.3) is 0 Å². The molecule has 1 saturated carbocycles. The van der Waals surface area contributed by atoms with Gasteiger partial charge in [-0.3, -0.25) is 0 Å². The second-order valence-corrected chi connectivity index (χ2v) is 4.35.